The second-order valence-corrected chi connectivity index (χ2v) is 6.36. The van der Waals surface area contributed by atoms with Crippen molar-refractivity contribution in [2.24, 2.45) is 0 Å². The molecular weight excluding hydrogens is 324 g/mol. The highest BCUT2D eigenvalue weighted by atomic mass is 35.5. The van der Waals surface area contributed by atoms with Gasteiger partial charge >= 0.3 is 0 Å². The maximum Gasteiger partial charge on any atom is 0.270 e. The Kier molecular flexibility index (Phi) is 5.64. The van der Waals surface area contributed by atoms with Crippen LogP contribution in [0.1, 0.15) is 35.3 Å². The summed E-state index contributed by atoms with van der Waals surface area (Å²) in [6.45, 7) is 2.48. The summed E-state index contributed by atoms with van der Waals surface area (Å²) in [5, 5.41) is 3.63. The van der Waals surface area contributed by atoms with E-state index in [1.165, 1.54) is 6.42 Å². The number of rotatable bonds is 5. The molecule has 2 heterocycles. The van der Waals surface area contributed by atoms with E-state index in [1.807, 2.05) is 24.3 Å². The zero-order valence-corrected chi connectivity index (χ0v) is 14.3. The van der Waals surface area contributed by atoms with Crippen LogP contribution in [-0.4, -0.2) is 35.5 Å². The summed E-state index contributed by atoms with van der Waals surface area (Å²) in [6, 6.07) is 9.30. The van der Waals surface area contributed by atoms with E-state index in [2.05, 4.69) is 20.2 Å². The maximum absolute atomic E-state index is 12.3. The van der Waals surface area contributed by atoms with E-state index in [4.69, 9.17) is 11.6 Å². The van der Waals surface area contributed by atoms with Crippen molar-refractivity contribution in [3.8, 4) is 0 Å². The molecule has 0 spiro atoms. The molecule has 1 aliphatic rings. The lowest BCUT2D eigenvalue weighted by Gasteiger charge is -2.26. The van der Waals surface area contributed by atoms with E-state index < -0.39 is 0 Å². The molecule has 0 unspecified atom stereocenters. The number of amides is 1. The Hall–Kier alpha value is -2.14. The lowest BCUT2D eigenvalue weighted by Crippen LogP contribution is -2.32. The molecule has 1 saturated heterocycles. The van der Waals surface area contributed by atoms with Crippen molar-refractivity contribution >= 4 is 23.5 Å². The van der Waals surface area contributed by atoms with Gasteiger partial charge in [0.15, 0.2) is 0 Å². The molecule has 0 saturated carbocycles. The summed E-state index contributed by atoms with van der Waals surface area (Å²) in [5.74, 6) is 0.490. The topological polar surface area (TPSA) is 58.1 Å². The minimum Gasteiger partial charge on any atom is -0.350 e. The van der Waals surface area contributed by atoms with Crippen molar-refractivity contribution in [2.75, 3.05) is 24.5 Å². The minimum atomic E-state index is -0.162. The third-order valence-electron chi connectivity index (χ3n) is 4.13. The molecule has 1 aromatic carbocycles. The van der Waals surface area contributed by atoms with Crippen molar-refractivity contribution in [1.29, 1.82) is 0 Å². The number of benzene rings is 1. The smallest absolute Gasteiger partial charge is 0.270 e. The second-order valence-electron chi connectivity index (χ2n) is 5.92. The molecule has 1 N–H and O–H groups in total. The fourth-order valence-corrected chi connectivity index (χ4v) is 2.91. The lowest BCUT2D eigenvalue weighted by molar-refractivity contribution is 0.0949. The lowest BCUT2D eigenvalue weighted by atomic mass is 10.1. The fraction of sp³-hybridized carbons (Fsp3) is 0.389. The maximum atomic E-state index is 12.3. The van der Waals surface area contributed by atoms with Gasteiger partial charge in [0.05, 0.1) is 0 Å². The van der Waals surface area contributed by atoms with Crippen LogP contribution in [0, 0.1) is 0 Å². The number of carbonyl (C=O) groups excluding carboxylic acids is 1. The number of aromatic nitrogens is 2. The van der Waals surface area contributed by atoms with Crippen LogP contribution >= 0.6 is 11.6 Å². The molecule has 1 aliphatic heterocycles. The Bertz CT molecular complexity index is 684. The normalized spacial score (nSPS) is 14.5. The van der Waals surface area contributed by atoms with Crippen LogP contribution in [-0.2, 0) is 6.42 Å². The third kappa shape index (κ3) is 4.45. The van der Waals surface area contributed by atoms with E-state index in [-0.39, 0.29) is 5.91 Å². The number of hydrogen-bond donors (Lipinski definition) is 1. The van der Waals surface area contributed by atoms with Crippen LogP contribution < -0.4 is 10.2 Å². The average Bonchev–Trinajstić information content (AvgIpc) is 2.64. The largest absolute Gasteiger partial charge is 0.350 e. The van der Waals surface area contributed by atoms with Crippen molar-refractivity contribution in [3.63, 3.8) is 0 Å². The van der Waals surface area contributed by atoms with Crippen LogP contribution in [0.2, 0.25) is 5.02 Å². The van der Waals surface area contributed by atoms with Gasteiger partial charge in [-0.25, -0.2) is 9.97 Å². The van der Waals surface area contributed by atoms with Gasteiger partial charge in [0, 0.05) is 30.9 Å². The number of nitrogens with zero attached hydrogens (tertiary/aromatic N) is 3. The molecule has 5 nitrogen and oxygen atoms in total. The molecule has 0 radical (unpaired) electrons. The van der Waals surface area contributed by atoms with Gasteiger partial charge < -0.3 is 10.2 Å². The van der Waals surface area contributed by atoms with Gasteiger partial charge in [0.25, 0.3) is 5.91 Å². The highest BCUT2D eigenvalue weighted by molar-refractivity contribution is 6.30. The molecular formula is C18H21ClN4O. The Balaban J connectivity index is 1.55. The predicted octanol–water partition coefficient (Wildman–Crippen LogP) is 3.09. The minimum absolute atomic E-state index is 0.162. The van der Waals surface area contributed by atoms with E-state index in [9.17, 15) is 4.79 Å². The van der Waals surface area contributed by atoms with Gasteiger partial charge in [-0.05, 0) is 49.4 Å². The van der Waals surface area contributed by atoms with Crippen LogP contribution in [0.4, 0.5) is 5.95 Å². The molecule has 6 heteroatoms. The first-order valence-electron chi connectivity index (χ1n) is 8.33. The van der Waals surface area contributed by atoms with Crippen molar-refractivity contribution in [3.05, 3.63) is 52.8 Å². The van der Waals surface area contributed by atoms with Gasteiger partial charge in [-0.1, -0.05) is 23.7 Å². The fourth-order valence-electron chi connectivity index (χ4n) is 2.78. The Morgan fingerprint density at radius 2 is 1.88 bits per heavy atom. The van der Waals surface area contributed by atoms with E-state index in [0.717, 1.165) is 37.9 Å². The SMILES string of the molecule is O=C(NCCc1ccc(Cl)cc1)c1ccnc(N2CCCCC2)n1. The number of hydrogen-bond acceptors (Lipinski definition) is 4. The van der Waals surface area contributed by atoms with Gasteiger partial charge in [0.1, 0.15) is 5.69 Å². The average molecular weight is 345 g/mol. The number of piperidine rings is 1. The Morgan fingerprint density at radius 1 is 1.12 bits per heavy atom. The standard InChI is InChI=1S/C18H21ClN4O/c19-15-6-4-14(5-7-15)8-10-20-17(24)16-9-11-21-18(22-16)23-12-2-1-3-13-23/h4-7,9,11H,1-3,8,10,12-13H2,(H,20,24). The molecule has 1 aromatic heterocycles. The Labute approximate surface area is 147 Å². The van der Waals surface area contributed by atoms with Gasteiger partial charge in [-0.15, -0.1) is 0 Å². The van der Waals surface area contributed by atoms with Crippen molar-refractivity contribution in [2.45, 2.75) is 25.7 Å². The molecule has 0 aliphatic carbocycles. The summed E-state index contributed by atoms with van der Waals surface area (Å²) in [7, 11) is 0. The number of carbonyl (C=O) groups is 1. The van der Waals surface area contributed by atoms with Gasteiger partial charge in [0.2, 0.25) is 5.95 Å². The molecule has 0 atom stereocenters. The van der Waals surface area contributed by atoms with Crippen molar-refractivity contribution < 1.29 is 4.79 Å². The first kappa shape index (κ1) is 16.7. The molecule has 1 fully saturated rings. The zero-order chi connectivity index (χ0) is 16.8. The monoisotopic (exact) mass is 344 g/mol. The number of halogens is 1. The third-order valence-corrected chi connectivity index (χ3v) is 4.38. The zero-order valence-electron chi connectivity index (χ0n) is 13.5. The predicted molar refractivity (Wildman–Crippen MR) is 95.6 cm³/mol. The molecule has 0 bridgehead atoms. The molecule has 3 rings (SSSR count). The highest BCUT2D eigenvalue weighted by Crippen LogP contribution is 2.15. The van der Waals surface area contributed by atoms with E-state index in [0.29, 0.717) is 23.2 Å². The highest BCUT2D eigenvalue weighted by Gasteiger charge is 2.15. The van der Waals surface area contributed by atoms with Gasteiger partial charge in [-0.3, -0.25) is 4.79 Å². The Morgan fingerprint density at radius 3 is 2.62 bits per heavy atom. The van der Waals surface area contributed by atoms with Crippen LogP contribution in [0.5, 0.6) is 0 Å². The number of nitrogens with one attached hydrogen (secondary N) is 1. The van der Waals surface area contributed by atoms with Crippen LogP contribution in [0.15, 0.2) is 36.5 Å². The van der Waals surface area contributed by atoms with Crippen LogP contribution in [0.3, 0.4) is 0 Å². The molecule has 126 valence electrons. The first-order chi connectivity index (χ1) is 11.7. The first-order valence-corrected chi connectivity index (χ1v) is 8.71. The summed E-state index contributed by atoms with van der Waals surface area (Å²) in [5.41, 5.74) is 1.55. The quantitative estimate of drug-likeness (QED) is 0.905. The molecule has 1 amide bonds. The number of anilines is 1. The summed E-state index contributed by atoms with van der Waals surface area (Å²) in [6.07, 6.45) is 5.97. The van der Waals surface area contributed by atoms with Crippen LogP contribution in [0.25, 0.3) is 0 Å². The van der Waals surface area contributed by atoms with E-state index >= 15 is 0 Å². The molecule has 2 aromatic rings. The molecule has 24 heavy (non-hydrogen) atoms. The van der Waals surface area contributed by atoms with Crippen molar-refractivity contribution in [1.82, 2.24) is 15.3 Å². The second kappa shape index (κ2) is 8.11. The van der Waals surface area contributed by atoms with Gasteiger partial charge in [-0.2, -0.15) is 0 Å². The van der Waals surface area contributed by atoms with E-state index in [1.54, 1.807) is 12.3 Å². The summed E-state index contributed by atoms with van der Waals surface area (Å²) in [4.78, 5) is 23.2. The summed E-state index contributed by atoms with van der Waals surface area (Å²) < 4.78 is 0. The summed E-state index contributed by atoms with van der Waals surface area (Å²) >= 11 is 5.87.